The van der Waals surface area contributed by atoms with Gasteiger partial charge in [-0.25, -0.2) is 0 Å². The number of benzene rings is 1. The van der Waals surface area contributed by atoms with Crippen molar-refractivity contribution < 1.29 is 4.79 Å². The third-order valence-corrected chi connectivity index (χ3v) is 4.04. The van der Waals surface area contributed by atoms with Crippen molar-refractivity contribution in [3.8, 4) is 0 Å². The Balaban J connectivity index is 2.05. The van der Waals surface area contributed by atoms with Gasteiger partial charge in [-0.2, -0.15) is 0 Å². The van der Waals surface area contributed by atoms with Crippen LogP contribution in [0, 0.1) is 6.92 Å². The van der Waals surface area contributed by atoms with Crippen molar-refractivity contribution in [2.75, 3.05) is 5.32 Å². The molecular weight excluding hydrogens is 347 g/mol. The van der Waals surface area contributed by atoms with Gasteiger partial charge in [0.15, 0.2) is 5.16 Å². The molecule has 1 heterocycles. The van der Waals surface area contributed by atoms with Crippen LogP contribution in [-0.4, -0.2) is 26.3 Å². The highest BCUT2D eigenvalue weighted by molar-refractivity contribution is 8.00. The normalized spacial score (nSPS) is 12.0. The van der Waals surface area contributed by atoms with Crippen LogP contribution in [0.3, 0.4) is 0 Å². The Morgan fingerprint density at radius 1 is 1.27 bits per heavy atom. The summed E-state index contributed by atoms with van der Waals surface area (Å²) in [6.45, 7) is 3.24. The molecule has 0 aliphatic rings. The molecule has 2 N–H and O–H groups in total. The Hall–Kier alpha value is -1.57. The number of thioether (sulfide) groups is 1. The third kappa shape index (κ3) is 4.46. The summed E-state index contributed by atoms with van der Waals surface area (Å²) < 4.78 is 0. The zero-order valence-electron chi connectivity index (χ0n) is 11.7. The van der Waals surface area contributed by atoms with Crippen LogP contribution < -0.4 is 10.9 Å². The summed E-state index contributed by atoms with van der Waals surface area (Å²) in [4.78, 5) is 26.1. The van der Waals surface area contributed by atoms with Crippen LogP contribution in [0.4, 0.5) is 5.69 Å². The minimum Gasteiger partial charge on any atom is -0.325 e. The van der Waals surface area contributed by atoms with Crippen LogP contribution in [0.25, 0.3) is 0 Å². The first kappa shape index (κ1) is 16.8. The van der Waals surface area contributed by atoms with Gasteiger partial charge in [-0.3, -0.25) is 14.6 Å². The van der Waals surface area contributed by atoms with E-state index in [1.807, 2.05) is 0 Å². The molecule has 1 amide bonds. The molecule has 0 fully saturated rings. The van der Waals surface area contributed by atoms with Crippen LogP contribution in [0.2, 0.25) is 10.0 Å². The van der Waals surface area contributed by atoms with Gasteiger partial charge in [0.2, 0.25) is 5.91 Å². The number of nitrogens with one attached hydrogen (secondary N) is 2. The Labute approximate surface area is 140 Å². The summed E-state index contributed by atoms with van der Waals surface area (Å²) in [5, 5.41) is 10.9. The predicted molar refractivity (Wildman–Crippen MR) is 87.8 cm³/mol. The molecule has 2 aromatic rings. The van der Waals surface area contributed by atoms with Crippen molar-refractivity contribution in [3.63, 3.8) is 0 Å². The molecule has 22 heavy (non-hydrogen) atoms. The summed E-state index contributed by atoms with van der Waals surface area (Å²) in [5.41, 5.74) is 0.445. The first-order valence-electron chi connectivity index (χ1n) is 6.22. The Bertz CT molecular complexity index is 746. The molecule has 0 aliphatic heterocycles. The number of nitrogens with zero attached hydrogens (tertiary/aromatic N) is 2. The van der Waals surface area contributed by atoms with E-state index >= 15 is 0 Å². The number of amides is 1. The molecule has 2 rings (SSSR count). The Morgan fingerprint density at radius 3 is 2.50 bits per heavy atom. The number of hydrogen-bond acceptors (Lipinski definition) is 5. The SMILES string of the molecule is Cc1nnc(SC(C)C(=O)Nc2cc(Cl)cc(Cl)c2)[nH]c1=O. The lowest BCUT2D eigenvalue weighted by Gasteiger charge is -2.11. The average molecular weight is 359 g/mol. The molecule has 6 nitrogen and oxygen atoms in total. The summed E-state index contributed by atoms with van der Waals surface area (Å²) in [6, 6.07) is 4.76. The van der Waals surface area contributed by atoms with Crippen molar-refractivity contribution >= 4 is 46.6 Å². The number of aryl methyl sites for hydroxylation is 1. The van der Waals surface area contributed by atoms with Gasteiger partial charge in [-0.05, 0) is 32.0 Å². The van der Waals surface area contributed by atoms with E-state index in [4.69, 9.17) is 23.2 Å². The molecule has 0 saturated carbocycles. The van der Waals surface area contributed by atoms with Crippen LogP contribution >= 0.6 is 35.0 Å². The van der Waals surface area contributed by atoms with E-state index < -0.39 is 5.25 Å². The Kier molecular flexibility index (Phi) is 5.44. The predicted octanol–water partition coefficient (Wildman–Crippen LogP) is 2.90. The van der Waals surface area contributed by atoms with E-state index in [9.17, 15) is 9.59 Å². The van der Waals surface area contributed by atoms with Crippen molar-refractivity contribution in [2.45, 2.75) is 24.3 Å². The van der Waals surface area contributed by atoms with Gasteiger partial charge in [0.05, 0.1) is 5.25 Å². The molecule has 0 aliphatic carbocycles. The lowest BCUT2D eigenvalue weighted by molar-refractivity contribution is -0.115. The highest BCUT2D eigenvalue weighted by atomic mass is 35.5. The third-order valence-electron chi connectivity index (χ3n) is 2.63. The van der Waals surface area contributed by atoms with Crippen molar-refractivity contribution in [2.24, 2.45) is 0 Å². The zero-order valence-corrected chi connectivity index (χ0v) is 14.0. The lowest BCUT2D eigenvalue weighted by atomic mass is 10.3. The smallest absolute Gasteiger partial charge is 0.273 e. The maximum Gasteiger partial charge on any atom is 0.273 e. The number of carbonyl (C=O) groups excluding carboxylic acids is 1. The van der Waals surface area contributed by atoms with Gasteiger partial charge >= 0.3 is 0 Å². The highest BCUT2D eigenvalue weighted by Crippen LogP contribution is 2.24. The monoisotopic (exact) mass is 358 g/mol. The molecule has 9 heteroatoms. The number of rotatable bonds is 4. The second-order valence-corrected chi connectivity index (χ2v) is 6.65. The number of carbonyl (C=O) groups is 1. The van der Waals surface area contributed by atoms with E-state index in [0.29, 0.717) is 15.7 Å². The molecule has 0 spiro atoms. The van der Waals surface area contributed by atoms with Gasteiger partial charge in [0.25, 0.3) is 5.56 Å². The molecule has 1 unspecified atom stereocenters. The van der Waals surface area contributed by atoms with Crippen molar-refractivity contribution in [3.05, 3.63) is 44.3 Å². The van der Waals surface area contributed by atoms with Gasteiger partial charge in [-0.15, -0.1) is 10.2 Å². The molecule has 1 aromatic heterocycles. The second kappa shape index (κ2) is 7.13. The zero-order chi connectivity index (χ0) is 16.3. The quantitative estimate of drug-likeness (QED) is 0.820. The summed E-state index contributed by atoms with van der Waals surface area (Å²) >= 11 is 12.8. The van der Waals surface area contributed by atoms with Gasteiger partial charge in [-0.1, -0.05) is 35.0 Å². The largest absolute Gasteiger partial charge is 0.325 e. The van der Waals surface area contributed by atoms with Gasteiger partial charge in [0.1, 0.15) is 5.69 Å². The fourth-order valence-electron chi connectivity index (χ4n) is 1.52. The number of aromatic amines is 1. The molecular formula is C13H12Cl2N4O2S. The summed E-state index contributed by atoms with van der Waals surface area (Å²) in [5.74, 6) is -0.272. The first-order valence-corrected chi connectivity index (χ1v) is 7.86. The van der Waals surface area contributed by atoms with Crippen LogP contribution in [0.15, 0.2) is 28.2 Å². The van der Waals surface area contributed by atoms with E-state index in [1.165, 1.54) is 0 Å². The molecule has 0 bridgehead atoms. The average Bonchev–Trinajstić information content (AvgIpc) is 2.41. The summed E-state index contributed by atoms with van der Waals surface area (Å²) in [6.07, 6.45) is 0. The van der Waals surface area contributed by atoms with E-state index in [-0.39, 0.29) is 22.3 Å². The number of H-pyrrole nitrogens is 1. The number of halogens is 2. The topological polar surface area (TPSA) is 87.7 Å². The molecule has 0 radical (unpaired) electrons. The van der Waals surface area contributed by atoms with Crippen molar-refractivity contribution in [1.29, 1.82) is 0 Å². The number of hydrogen-bond donors (Lipinski definition) is 2. The summed E-state index contributed by atoms with van der Waals surface area (Å²) in [7, 11) is 0. The van der Waals surface area contributed by atoms with Crippen LogP contribution in [0.5, 0.6) is 0 Å². The maximum atomic E-state index is 12.1. The molecule has 1 aromatic carbocycles. The number of aromatic nitrogens is 3. The van der Waals surface area contributed by atoms with Crippen LogP contribution in [0.1, 0.15) is 12.6 Å². The van der Waals surface area contributed by atoms with E-state index in [0.717, 1.165) is 11.8 Å². The lowest BCUT2D eigenvalue weighted by Crippen LogP contribution is -2.23. The minimum atomic E-state index is -0.495. The fourth-order valence-corrected chi connectivity index (χ4v) is 2.79. The van der Waals surface area contributed by atoms with Crippen LogP contribution in [-0.2, 0) is 4.79 Å². The van der Waals surface area contributed by atoms with Gasteiger partial charge in [0, 0.05) is 15.7 Å². The number of anilines is 1. The minimum absolute atomic E-state index is 0.272. The second-order valence-electron chi connectivity index (χ2n) is 4.45. The van der Waals surface area contributed by atoms with Gasteiger partial charge < -0.3 is 5.32 Å². The Morgan fingerprint density at radius 2 is 1.91 bits per heavy atom. The maximum absolute atomic E-state index is 12.1. The fraction of sp³-hybridized carbons (Fsp3) is 0.231. The standard InChI is InChI=1S/C13H12Cl2N4O2S/c1-6-11(20)17-13(19-18-6)22-7(2)12(21)16-10-4-8(14)3-9(15)5-10/h3-5,7H,1-2H3,(H,16,21)(H,17,19,20). The molecule has 1 atom stereocenters. The molecule has 0 saturated heterocycles. The van der Waals surface area contributed by atoms with Crippen molar-refractivity contribution in [1.82, 2.24) is 15.2 Å². The highest BCUT2D eigenvalue weighted by Gasteiger charge is 2.17. The van der Waals surface area contributed by atoms with E-state index in [2.05, 4.69) is 20.5 Å². The van der Waals surface area contributed by atoms with E-state index in [1.54, 1.807) is 32.0 Å². The first-order chi connectivity index (χ1) is 10.3. The molecule has 116 valence electrons.